The molecule has 2 saturated carbocycles. The molecule has 0 radical (unpaired) electrons. The molecule has 2 aromatic heterocycles. The maximum absolute atomic E-state index is 14.4. The number of carboxylic acids is 1. The molecule has 2 aliphatic carbocycles. The minimum Gasteiger partial charge on any atom is -0.479 e. The largest absolute Gasteiger partial charge is 0.479 e. The molecule has 7 rings (SSSR count). The smallest absolute Gasteiger partial charge is 0.330 e. The molecule has 1 aromatic carbocycles. The quantitative estimate of drug-likeness (QED) is 0.269. The Kier molecular flexibility index (Phi) is 9.53. The minimum atomic E-state index is -1.42. The molecule has 5 atom stereocenters. The van der Waals surface area contributed by atoms with Gasteiger partial charge in [-0.15, -0.1) is 11.3 Å². The molecule has 258 valence electrons. The van der Waals surface area contributed by atoms with E-state index in [1.54, 1.807) is 0 Å². The number of benzene rings is 1. The molecule has 3 aromatic rings. The first kappa shape index (κ1) is 33.0. The van der Waals surface area contributed by atoms with Crippen molar-refractivity contribution in [1.82, 2.24) is 30.8 Å². The number of rotatable bonds is 6. The van der Waals surface area contributed by atoms with Crippen molar-refractivity contribution < 1.29 is 29.0 Å². The van der Waals surface area contributed by atoms with Gasteiger partial charge in [0.1, 0.15) is 29.4 Å². The summed E-state index contributed by atoms with van der Waals surface area (Å²) in [6.45, 7) is 0.0567. The Balaban J connectivity index is 1.19. The molecule has 0 bridgehead atoms. The van der Waals surface area contributed by atoms with Crippen LogP contribution in [0.1, 0.15) is 70.6 Å². The predicted octanol–water partition coefficient (Wildman–Crippen LogP) is 4.80. The van der Waals surface area contributed by atoms with Gasteiger partial charge >= 0.3 is 12.0 Å². The van der Waals surface area contributed by atoms with Crippen molar-refractivity contribution in [3.05, 3.63) is 53.9 Å². The molecule has 4 amide bonds. The Hall–Kier alpha value is -4.52. The molecular weight excluding hydrogens is 644 g/mol. The standard InChI is InChI=1S/C36H42N6O6S/c43-31-28-19-24(48-32-30(29-17-10-18-49-29)38-25-14-8-9-15-26(25)39-32)21-42(28)33(44)27(40-35(47)37-23-12-6-7-13-23)16-5-3-1-2-4-11-22-20-36(22,41-31)34(45)46/h4,8-11,14-15,17-18,22-24,27-28H,1-3,5-7,12-13,16,19-21H2,(H,41,43)(H,45,46)(H2,37,40,47)/b11-4-/t22?,24-,27+,28?,36?/m1/s1. The third kappa shape index (κ3) is 7.12. The molecular formula is C36H42N6O6S. The van der Waals surface area contributed by atoms with Crippen LogP contribution in [-0.4, -0.2) is 80.1 Å². The van der Waals surface area contributed by atoms with Crippen molar-refractivity contribution in [1.29, 1.82) is 0 Å². The Morgan fingerprint density at radius 3 is 2.51 bits per heavy atom. The number of carbonyl (C=O) groups excluding carboxylic acids is 3. The van der Waals surface area contributed by atoms with E-state index < -0.39 is 41.6 Å². The summed E-state index contributed by atoms with van der Waals surface area (Å²) in [5.74, 6) is -2.07. The first-order chi connectivity index (χ1) is 23.8. The van der Waals surface area contributed by atoms with Gasteiger partial charge in [-0.3, -0.25) is 9.59 Å². The van der Waals surface area contributed by atoms with Crippen LogP contribution in [0.4, 0.5) is 4.79 Å². The summed E-state index contributed by atoms with van der Waals surface area (Å²) >= 11 is 1.50. The van der Waals surface area contributed by atoms with Gasteiger partial charge in [-0.25, -0.2) is 19.6 Å². The van der Waals surface area contributed by atoms with Crippen molar-refractivity contribution in [3.63, 3.8) is 0 Å². The fraction of sp³-hybridized carbons (Fsp3) is 0.500. The SMILES string of the molecule is O=C(NC1CCCC1)N[C@H]1CCCCC/C=C\C2CC2(C(=O)O)NC(=O)C2C[C@@H](Oc3nc4ccccc4nc3-c3cccs3)CN2C1=O. The van der Waals surface area contributed by atoms with Gasteiger partial charge in [-0.2, -0.15) is 0 Å². The lowest BCUT2D eigenvalue weighted by Gasteiger charge is -2.29. The Morgan fingerprint density at radius 2 is 1.76 bits per heavy atom. The van der Waals surface area contributed by atoms with Crippen LogP contribution in [0, 0.1) is 5.92 Å². The summed E-state index contributed by atoms with van der Waals surface area (Å²) in [5.41, 5.74) is 0.502. The van der Waals surface area contributed by atoms with E-state index in [-0.39, 0.29) is 37.3 Å². The Labute approximate surface area is 288 Å². The monoisotopic (exact) mass is 686 g/mol. The number of thiophene rings is 1. The zero-order chi connectivity index (χ0) is 34.0. The van der Waals surface area contributed by atoms with Crippen molar-refractivity contribution in [3.8, 4) is 16.5 Å². The van der Waals surface area contributed by atoms with Gasteiger partial charge in [0.05, 0.1) is 22.5 Å². The topological polar surface area (TPSA) is 163 Å². The van der Waals surface area contributed by atoms with Gasteiger partial charge in [-0.1, -0.05) is 56.0 Å². The highest BCUT2D eigenvalue weighted by Crippen LogP contribution is 2.45. The van der Waals surface area contributed by atoms with Crippen LogP contribution in [-0.2, 0) is 14.4 Å². The number of ether oxygens (including phenoxy) is 1. The van der Waals surface area contributed by atoms with Crippen LogP contribution in [0.3, 0.4) is 0 Å². The van der Waals surface area contributed by atoms with E-state index in [0.717, 1.165) is 49.8 Å². The number of carbonyl (C=O) groups is 4. The van der Waals surface area contributed by atoms with Gasteiger partial charge in [0.25, 0.3) is 0 Å². The molecule has 12 nitrogen and oxygen atoms in total. The van der Waals surface area contributed by atoms with Gasteiger partial charge in [0.15, 0.2) is 0 Å². The molecule has 4 aliphatic rings. The second-order valence-electron chi connectivity index (χ2n) is 13.6. The number of carboxylic acid groups (broad SMARTS) is 1. The van der Waals surface area contributed by atoms with Gasteiger partial charge < -0.3 is 30.7 Å². The fourth-order valence-electron chi connectivity index (χ4n) is 7.40. The fourth-order valence-corrected chi connectivity index (χ4v) is 8.11. The van der Waals surface area contributed by atoms with Gasteiger partial charge in [0.2, 0.25) is 17.7 Å². The van der Waals surface area contributed by atoms with E-state index in [1.165, 1.54) is 16.2 Å². The van der Waals surface area contributed by atoms with E-state index in [2.05, 4.69) is 16.0 Å². The number of nitrogens with one attached hydrogen (secondary N) is 3. The van der Waals surface area contributed by atoms with E-state index in [9.17, 15) is 24.3 Å². The maximum atomic E-state index is 14.4. The normalized spacial score (nSPS) is 28.4. The number of aromatic nitrogens is 2. The number of hydrogen-bond donors (Lipinski definition) is 4. The lowest BCUT2D eigenvalue weighted by molar-refractivity contribution is -0.145. The van der Waals surface area contributed by atoms with Crippen molar-refractivity contribution in [2.75, 3.05) is 6.54 Å². The third-order valence-corrected chi connectivity index (χ3v) is 11.1. The van der Waals surface area contributed by atoms with E-state index in [4.69, 9.17) is 14.7 Å². The van der Waals surface area contributed by atoms with Crippen molar-refractivity contribution >= 4 is 46.2 Å². The molecule has 0 spiro atoms. The van der Waals surface area contributed by atoms with Crippen LogP contribution >= 0.6 is 11.3 Å². The van der Waals surface area contributed by atoms with Crippen LogP contribution < -0.4 is 20.7 Å². The molecule has 1 saturated heterocycles. The summed E-state index contributed by atoms with van der Waals surface area (Å²) in [7, 11) is 0. The number of fused-ring (bicyclic) bond motifs is 3. The number of para-hydroxylation sites is 2. The maximum Gasteiger partial charge on any atom is 0.330 e. The van der Waals surface area contributed by atoms with E-state index >= 15 is 0 Å². The van der Waals surface area contributed by atoms with Crippen LogP contribution in [0.2, 0.25) is 0 Å². The van der Waals surface area contributed by atoms with Gasteiger partial charge in [0, 0.05) is 18.4 Å². The average molecular weight is 687 g/mol. The lowest BCUT2D eigenvalue weighted by Crippen LogP contribution is -2.57. The molecule has 49 heavy (non-hydrogen) atoms. The number of hydrogen-bond acceptors (Lipinski definition) is 8. The summed E-state index contributed by atoms with van der Waals surface area (Å²) in [4.78, 5) is 66.0. The highest BCUT2D eigenvalue weighted by molar-refractivity contribution is 7.13. The summed E-state index contributed by atoms with van der Waals surface area (Å²) in [5, 5.41) is 20.9. The summed E-state index contributed by atoms with van der Waals surface area (Å²) in [6, 6.07) is 9.17. The number of urea groups is 1. The molecule has 2 aliphatic heterocycles. The Morgan fingerprint density at radius 1 is 0.980 bits per heavy atom. The number of allylic oxidation sites excluding steroid dienone is 1. The third-order valence-electron chi connectivity index (χ3n) is 10.2. The molecule has 3 unspecified atom stereocenters. The first-order valence-corrected chi connectivity index (χ1v) is 18.3. The number of nitrogens with zero attached hydrogens (tertiary/aromatic N) is 3. The van der Waals surface area contributed by atoms with Gasteiger partial charge in [-0.05, 0) is 62.1 Å². The molecule has 3 fully saturated rings. The number of amides is 4. The first-order valence-electron chi connectivity index (χ1n) is 17.4. The molecule has 4 N–H and O–H groups in total. The van der Waals surface area contributed by atoms with Crippen LogP contribution in [0.5, 0.6) is 5.88 Å². The Bertz CT molecular complexity index is 1740. The lowest BCUT2D eigenvalue weighted by atomic mass is 10.0. The van der Waals surface area contributed by atoms with Crippen molar-refractivity contribution in [2.45, 2.75) is 100 Å². The number of aliphatic carboxylic acids is 1. The van der Waals surface area contributed by atoms with Crippen LogP contribution in [0.15, 0.2) is 53.9 Å². The zero-order valence-electron chi connectivity index (χ0n) is 27.3. The summed E-state index contributed by atoms with van der Waals surface area (Å²) in [6.07, 6.45) is 11.2. The highest BCUT2D eigenvalue weighted by Gasteiger charge is 2.61. The predicted molar refractivity (Wildman–Crippen MR) is 184 cm³/mol. The molecule has 13 heteroatoms. The summed E-state index contributed by atoms with van der Waals surface area (Å²) < 4.78 is 6.52. The van der Waals surface area contributed by atoms with Crippen molar-refractivity contribution in [2.24, 2.45) is 5.92 Å². The highest BCUT2D eigenvalue weighted by atomic mass is 32.1. The average Bonchev–Trinajstić information content (AvgIpc) is 3.58. The van der Waals surface area contributed by atoms with E-state index in [1.807, 2.05) is 53.9 Å². The van der Waals surface area contributed by atoms with Crippen LogP contribution in [0.25, 0.3) is 21.6 Å². The van der Waals surface area contributed by atoms with E-state index in [0.29, 0.717) is 35.4 Å². The minimum absolute atomic E-state index is 0.0567. The second-order valence-corrected chi connectivity index (χ2v) is 14.6. The second kappa shape index (κ2) is 14.1. The molecule has 4 heterocycles. The zero-order valence-corrected chi connectivity index (χ0v) is 28.1.